The lowest BCUT2D eigenvalue weighted by atomic mass is 10.2. The lowest BCUT2D eigenvalue weighted by Crippen LogP contribution is -2.42. The van der Waals surface area contributed by atoms with Gasteiger partial charge in [-0.2, -0.15) is 0 Å². The minimum absolute atomic E-state index is 0. The summed E-state index contributed by atoms with van der Waals surface area (Å²) >= 11 is 0. The van der Waals surface area contributed by atoms with Crippen molar-refractivity contribution >= 4 is 35.6 Å². The summed E-state index contributed by atoms with van der Waals surface area (Å²) in [5.41, 5.74) is 0.795. The number of nitro groups is 1. The number of benzene rings is 1. The predicted molar refractivity (Wildman–Crippen MR) is 94.1 cm³/mol. The Balaban J connectivity index is 0.00000220. The first kappa shape index (κ1) is 17.7. The SMILES string of the molecule is CN=C(NCc1ccccc1[N+](=O)[O-])NC1CCCC1.I. The van der Waals surface area contributed by atoms with Crippen LogP contribution in [0.15, 0.2) is 29.3 Å². The Labute approximate surface area is 141 Å². The van der Waals surface area contributed by atoms with Gasteiger partial charge in [-0.1, -0.05) is 31.0 Å². The van der Waals surface area contributed by atoms with Crippen molar-refractivity contribution in [1.82, 2.24) is 10.6 Å². The van der Waals surface area contributed by atoms with E-state index in [4.69, 9.17) is 0 Å². The Morgan fingerprint density at radius 2 is 2.05 bits per heavy atom. The average molecular weight is 404 g/mol. The molecule has 1 aromatic rings. The lowest BCUT2D eigenvalue weighted by Gasteiger charge is -2.16. The first-order chi connectivity index (χ1) is 9.70. The molecular weight excluding hydrogens is 383 g/mol. The van der Waals surface area contributed by atoms with Crippen molar-refractivity contribution in [3.05, 3.63) is 39.9 Å². The second-order valence-corrected chi connectivity index (χ2v) is 4.94. The monoisotopic (exact) mass is 404 g/mol. The maximum absolute atomic E-state index is 10.9. The third-order valence-electron chi connectivity index (χ3n) is 3.55. The van der Waals surface area contributed by atoms with Gasteiger partial charge in [0.1, 0.15) is 0 Å². The number of hydrogen-bond acceptors (Lipinski definition) is 3. The van der Waals surface area contributed by atoms with Crippen molar-refractivity contribution in [3.63, 3.8) is 0 Å². The van der Waals surface area contributed by atoms with Gasteiger partial charge in [0.15, 0.2) is 5.96 Å². The van der Waals surface area contributed by atoms with Crippen LogP contribution in [0.5, 0.6) is 0 Å². The first-order valence-electron chi connectivity index (χ1n) is 6.90. The summed E-state index contributed by atoms with van der Waals surface area (Å²) in [5.74, 6) is 0.704. The van der Waals surface area contributed by atoms with Gasteiger partial charge in [0.05, 0.1) is 4.92 Å². The zero-order chi connectivity index (χ0) is 14.4. The van der Waals surface area contributed by atoms with Crippen molar-refractivity contribution in [2.45, 2.75) is 38.3 Å². The van der Waals surface area contributed by atoms with Gasteiger partial charge in [-0.3, -0.25) is 15.1 Å². The molecule has 0 aliphatic heterocycles. The number of nitrogens with one attached hydrogen (secondary N) is 2. The molecule has 0 bridgehead atoms. The third-order valence-corrected chi connectivity index (χ3v) is 3.55. The van der Waals surface area contributed by atoms with Crippen molar-refractivity contribution in [1.29, 1.82) is 0 Å². The summed E-state index contributed by atoms with van der Waals surface area (Å²) in [5, 5.41) is 17.4. The van der Waals surface area contributed by atoms with E-state index < -0.39 is 0 Å². The Morgan fingerprint density at radius 3 is 2.67 bits per heavy atom. The van der Waals surface area contributed by atoms with Gasteiger partial charge in [-0.05, 0) is 12.8 Å². The standard InChI is InChI=1S/C14H20N4O2.HI/c1-15-14(17-12-7-3-4-8-12)16-10-11-6-2-5-9-13(11)18(19)20;/h2,5-6,9,12H,3-4,7-8,10H2,1H3,(H2,15,16,17);1H. The van der Waals surface area contributed by atoms with Crippen LogP contribution in [0, 0.1) is 10.1 Å². The highest BCUT2D eigenvalue weighted by Crippen LogP contribution is 2.18. The molecule has 0 atom stereocenters. The van der Waals surface area contributed by atoms with E-state index in [1.54, 1.807) is 25.2 Å². The fourth-order valence-electron chi connectivity index (χ4n) is 2.48. The van der Waals surface area contributed by atoms with Crippen LogP contribution in [0.1, 0.15) is 31.2 Å². The minimum Gasteiger partial charge on any atom is -0.354 e. The number of nitrogens with zero attached hydrogens (tertiary/aromatic N) is 2. The van der Waals surface area contributed by atoms with Crippen LogP contribution in [-0.2, 0) is 6.54 Å². The summed E-state index contributed by atoms with van der Waals surface area (Å²) in [6, 6.07) is 7.22. The molecule has 0 amide bonds. The molecule has 6 nitrogen and oxygen atoms in total. The van der Waals surface area contributed by atoms with Crippen LogP contribution in [0.3, 0.4) is 0 Å². The number of nitro benzene ring substituents is 1. The highest BCUT2D eigenvalue weighted by molar-refractivity contribution is 14.0. The molecule has 2 rings (SSSR count). The summed E-state index contributed by atoms with van der Waals surface area (Å²) < 4.78 is 0. The number of para-hydroxylation sites is 1. The molecule has 0 unspecified atom stereocenters. The second-order valence-electron chi connectivity index (χ2n) is 4.94. The Bertz CT molecular complexity index is 502. The zero-order valence-electron chi connectivity index (χ0n) is 12.0. The van der Waals surface area contributed by atoms with E-state index in [-0.39, 0.29) is 34.6 Å². The maximum atomic E-state index is 10.9. The quantitative estimate of drug-likeness (QED) is 0.266. The molecule has 2 N–H and O–H groups in total. The van der Waals surface area contributed by atoms with E-state index in [1.165, 1.54) is 18.9 Å². The van der Waals surface area contributed by atoms with E-state index >= 15 is 0 Å². The number of guanidine groups is 1. The zero-order valence-corrected chi connectivity index (χ0v) is 14.4. The smallest absolute Gasteiger partial charge is 0.274 e. The normalized spacial score (nSPS) is 15.4. The van der Waals surface area contributed by atoms with Gasteiger partial charge >= 0.3 is 0 Å². The molecule has 116 valence electrons. The van der Waals surface area contributed by atoms with E-state index in [2.05, 4.69) is 15.6 Å². The number of rotatable bonds is 4. The predicted octanol–water partition coefficient (Wildman–Crippen LogP) is 2.82. The molecule has 7 heteroatoms. The number of aliphatic imine (C=N–C) groups is 1. The molecule has 1 saturated carbocycles. The third kappa shape index (κ3) is 5.14. The van der Waals surface area contributed by atoms with Gasteiger partial charge in [-0.15, -0.1) is 24.0 Å². The molecule has 0 radical (unpaired) electrons. The molecule has 0 aromatic heterocycles. The Morgan fingerprint density at radius 1 is 1.38 bits per heavy atom. The van der Waals surface area contributed by atoms with Gasteiger partial charge in [-0.25, -0.2) is 0 Å². The van der Waals surface area contributed by atoms with E-state index in [0.717, 1.165) is 12.8 Å². The fraction of sp³-hybridized carbons (Fsp3) is 0.500. The summed E-state index contributed by atoms with van der Waals surface area (Å²) in [6.45, 7) is 0.392. The molecule has 1 aliphatic carbocycles. The molecule has 0 spiro atoms. The molecule has 21 heavy (non-hydrogen) atoms. The maximum Gasteiger partial charge on any atom is 0.274 e. The summed E-state index contributed by atoms with van der Waals surface area (Å²) in [4.78, 5) is 14.8. The lowest BCUT2D eigenvalue weighted by molar-refractivity contribution is -0.385. The summed E-state index contributed by atoms with van der Waals surface area (Å²) in [7, 11) is 1.71. The van der Waals surface area contributed by atoms with Crippen LogP contribution in [0.25, 0.3) is 0 Å². The van der Waals surface area contributed by atoms with Gasteiger partial charge < -0.3 is 10.6 Å². The topological polar surface area (TPSA) is 79.6 Å². The minimum atomic E-state index is -0.357. The van der Waals surface area contributed by atoms with Crippen LogP contribution < -0.4 is 10.6 Å². The fourth-order valence-corrected chi connectivity index (χ4v) is 2.48. The molecule has 1 fully saturated rings. The molecule has 0 saturated heterocycles. The highest BCUT2D eigenvalue weighted by atomic mass is 127. The van der Waals surface area contributed by atoms with Crippen molar-refractivity contribution in [2.24, 2.45) is 4.99 Å². The van der Waals surface area contributed by atoms with Crippen LogP contribution in [0.4, 0.5) is 5.69 Å². The summed E-state index contributed by atoms with van der Waals surface area (Å²) in [6.07, 6.45) is 4.82. The van der Waals surface area contributed by atoms with E-state index in [1.807, 2.05) is 0 Å². The van der Waals surface area contributed by atoms with Crippen molar-refractivity contribution < 1.29 is 4.92 Å². The number of halogens is 1. The number of hydrogen-bond donors (Lipinski definition) is 2. The highest BCUT2D eigenvalue weighted by Gasteiger charge is 2.17. The van der Waals surface area contributed by atoms with Crippen molar-refractivity contribution in [2.75, 3.05) is 7.05 Å². The van der Waals surface area contributed by atoms with Crippen LogP contribution >= 0.6 is 24.0 Å². The molecule has 1 aromatic carbocycles. The van der Waals surface area contributed by atoms with Crippen LogP contribution in [0.2, 0.25) is 0 Å². The van der Waals surface area contributed by atoms with Gasteiger partial charge in [0, 0.05) is 31.3 Å². The largest absolute Gasteiger partial charge is 0.354 e. The Hall–Kier alpha value is -1.38. The van der Waals surface area contributed by atoms with Gasteiger partial charge in [0.2, 0.25) is 0 Å². The van der Waals surface area contributed by atoms with E-state index in [9.17, 15) is 10.1 Å². The first-order valence-corrected chi connectivity index (χ1v) is 6.90. The van der Waals surface area contributed by atoms with Gasteiger partial charge in [0.25, 0.3) is 5.69 Å². The second kappa shape index (κ2) is 8.81. The van der Waals surface area contributed by atoms with E-state index in [0.29, 0.717) is 24.1 Å². The Kier molecular flexibility index (Phi) is 7.41. The van der Waals surface area contributed by atoms with Crippen LogP contribution in [-0.4, -0.2) is 24.0 Å². The average Bonchev–Trinajstić information content (AvgIpc) is 2.96. The molecule has 1 aliphatic rings. The molecular formula is C14H21IN4O2. The molecule has 0 heterocycles. The van der Waals surface area contributed by atoms with Crippen molar-refractivity contribution in [3.8, 4) is 0 Å².